The van der Waals surface area contributed by atoms with Gasteiger partial charge in [0.15, 0.2) is 0 Å². The number of carbonyl (C=O) groups is 1. The minimum absolute atomic E-state index is 0.128. The summed E-state index contributed by atoms with van der Waals surface area (Å²) in [6, 6.07) is 8.24. The summed E-state index contributed by atoms with van der Waals surface area (Å²) in [7, 11) is 0. The Kier molecular flexibility index (Phi) is 4.44. The number of aliphatic imine (C=N–C) groups is 1. The lowest BCUT2D eigenvalue weighted by Crippen LogP contribution is -2.46. The fourth-order valence-corrected chi connectivity index (χ4v) is 3.74. The van der Waals surface area contributed by atoms with E-state index < -0.39 is 0 Å². The molecule has 1 aromatic carbocycles. The number of aldehydes is 1. The lowest BCUT2D eigenvalue weighted by molar-refractivity contribution is -0.110. The van der Waals surface area contributed by atoms with Gasteiger partial charge in [0, 0.05) is 5.56 Å². The van der Waals surface area contributed by atoms with Crippen LogP contribution in [0.15, 0.2) is 29.3 Å². The Morgan fingerprint density at radius 2 is 1.82 bits per heavy atom. The van der Waals surface area contributed by atoms with Crippen molar-refractivity contribution in [2.45, 2.75) is 57.5 Å². The summed E-state index contributed by atoms with van der Waals surface area (Å²) in [5, 5.41) is 0. The molecule has 118 valence electrons. The van der Waals surface area contributed by atoms with Crippen molar-refractivity contribution in [3.63, 3.8) is 0 Å². The Balaban J connectivity index is 1.98. The first-order chi connectivity index (χ1) is 10.6. The molecule has 0 aromatic heterocycles. The van der Waals surface area contributed by atoms with Crippen LogP contribution in [0.2, 0.25) is 0 Å². The van der Waals surface area contributed by atoms with Gasteiger partial charge in [-0.2, -0.15) is 0 Å². The number of likely N-dealkylation sites (tertiary alicyclic amines) is 1. The van der Waals surface area contributed by atoms with Crippen LogP contribution >= 0.6 is 0 Å². The highest BCUT2D eigenvalue weighted by Crippen LogP contribution is 2.29. The first kappa shape index (κ1) is 15.4. The van der Waals surface area contributed by atoms with Crippen molar-refractivity contribution in [1.29, 1.82) is 0 Å². The lowest BCUT2D eigenvalue weighted by Gasteiger charge is -2.34. The SMILES string of the molecule is CC1(C)Cc2ccccc2C(C(C=O)N2CCCCCC2)=N1. The molecule has 22 heavy (non-hydrogen) atoms. The van der Waals surface area contributed by atoms with E-state index in [0.29, 0.717) is 0 Å². The summed E-state index contributed by atoms with van der Waals surface area (Å²) >= 11 is 0. The molecule has 3 nitrogen and oxygen atoms in total. The summed E-state index contributed by atoms with van der Waals surface area (Å²) < 4.78 is 0. The second-order valence-corrected chi connectivity index (χ2v) is 7.17. The maximum absolute atomic E-state index is 11.9. The second-order valence-electron chi connectivity index (χ2n) is 7.17. The predicted molar refractivity (Wildman–Crippen MR) is 90.7 cm³/mol. The standard InChI is InChI=1S/C19H26N2O/c1-19(2)13-15-9-5-6-10-16(15)18(20-19)17(14-22)21-11-7-3-4-8-12-21/h5-6,9-10,14,17H,3-4,7-8,11-13H2,1-2H3. The number of hydrogen-bond donors (Lipinski definition) is 0. The van der Waals surface area contributed by atoms with Crippen LogP contribution in [0, 0.1) is 0 Å². The zero-order chi connectivity index (χ0) is 15.6. The zero-order valence-electron chi connectivity index (χ0n) is 13.7. The molecule has 0 aliphatic carbocycles. The van der Waals surface area contributed by atoms with Gasteiger partial charge in [-0.1, -0.05) is 37.1 Å². The Morgan fingerprint density at radius 1 is 1.14 bits per heavy atom. The van der Waals surface area contributed by atoms with Crippen LogP contribution in [0.5, 0.6) is 0 Å². The van der Waals surface area contributed by atoms with Crippen LogP contribution in [0.3, 0.4) is 0 Å². The molecule has 3 rings (SSSR count). The highest BCUT2D eigenvalue weighted by Gasteiger charge is 2.33. The van der Waals surface area contributed by atoms with Gasteiger partial charge in [0.2, 0.25) is 0 Å². The Hall–Kier alpha value is -1.48. The van der Waals surface area contributed by atoms with Crippen LogP contribution in [-0.4, -0.2) is 41.6 Å². The van der Waals surface area contributed by atoms with Crippen molar-refractivity contribution >= 4 is 12.0 Å². The average Bonchev–Trinajstić information content (AvgIpc) is 2.76. The first-order valence-electron chi connectivity index (χ1n) is 8.48. The topological polar surface area (TPSA) is 32.7 Å². The molecular formula is C19H26N2O. The molecule has 1 fully saturated rings. The Morgan fingerprint density at radius 3 is 2.50 bits per heavy atom. The van der Waals surface area contributed by atoms with Crippen molar-refractivity contribution in [3.8, 4) is 0 Å². The monoisotopic (exact) mass is 298 g/mol. The quantitative estimate of drug-likeness (QED) is 0.802. The lowest BCUT2D eigenvalue weighted by atomic mass is 9.85. The minimum Gasteiger partial charge on any atom is -0.301 e. The number of carbonyl (C=O) groups excluding carboxylic acids is 1. The van der Waals surface area contributed by atoms with Gasteiger partial charge in [-0.3, -0.25) is 9.89 Å². The summed E-state index contributed by atoms with van der Waals surface area (Å²) in [5.41, 5.74) is 3.34. The predicted octanol–water partition coefficient (Wildman–Crippen LogP) is 3.25. The van der Waals surface area contributed by atoms with Gasteiger partial charge < -0.3 is 4.79 Å². The maximum Gasteiger partial charge on any atom is 0.143 e. The fourth-order valence-electron chi connectivity index (χ4n) is 3.74. The molecule has 1 atom stereocenters. The molecule has 1 saturated heterocycles. The largest absolute Gasteiger partial charge is 0.301 e. The van der Waals surface area contributed by atoms with Crippen LogP contribution in [0.1, 0.15) is 50.7 Å². The van der Waals surface area contributed by atoms with E-state index in [0.717, 1.165) is 31.5 Å². The normalized spacial score (nSPS) is 23.1. The van der Waals surface area contributed by atoms with Gasteiger partial charge in [0.05, 0.1) is 11.3 Å². The molecule has 0 spiro atoms. The number of hydrogen-bond acceptors (Lipinski definition) is 3. The molecule has 0 saturated carbocycles. The minimum atomic E-state index is -0.196. The molecule has 2 aliphatic heterocycles. The van der Waals surface area contributed by atoms with E-state index in [2.05, 4.69) is 43.0 Å². The van der Waals surface area contributed by atoms with Crippen LogP contribution in [-0.2, 0) is 11.2 Å². The molecule has 1 unspecified atom stereocenters. The van der Waals surface area contributed by atoms with Crippen molar-refractivity contribution in [1.82, 2.24) is 4.90 Å². The molecule has 2 aliphatic rings. The fraction of sp³-hybridized carbons (Fsp3) is 0.579. The number of nitrogens with zero attached hydrogens (tertiary/aromatic N) is 2. The second kappa shape index (κ2) is 6.33. The van der Waals surface area contributed by atoms with Crippen molar-refractivity contribution < 1.29 is 4.79 Å². The molecule has 1 aromatic rings. The summed E-state index contributed by atoms with van der Waals surface area (Å²) in [4.78, 5) is 19.2. The molecule has 0 radical (unpaired) electrons. The van der Waals surface area contributed by atoms with E-state index in [1.54, 1.807) is 0 Å². The molecule has 2 heterocycles. The highest BCUT2D eigenvalue weighted by molar-refractivity contribution is 6.13. The van der Waals surface area contributed by atoms with E-state index >= 15 is 0 Å². The van der Waals surface area contributed by atoms with Gasteiger partial charge in [-0.15, -0.1) is 0 Å². The third-order valence-corrected chi connectivity index (χ3v) is 4.78. The Bertz CT molecular complexity index is 569. The van der Waals surface area contributed by atoms with Gasteiger partial charge in [-0.25, -0.2) is 0 Å². The molecule has 3 heteroatoms. The van der Waals surface area contributed by atoms with Gasteiger partial charge in [0.1, 0.15) is 12.3 Å². The van der Waals surface area contributed by atoms with E-state index in [9.17, 15) is 4.79 Å². The third-order valence-electron chi connectivity index (χ3n) is 4.78. The summed E-state index contributed by atoms with van der Waals surface area (Å²) in [6.45, 7) is 6.33. The average molecular weight is 298 g/mol. The molecule has 0 amide bonds. The van der Waals surface area contributed by atoms with Gasteiger partial charge >= 0.3 is 0 Å². The van der Waals surface area contributed by atoms with Gasteiger partial charge in [-0.05, 0) is 51.8 Å². The van der Waals surface area contributed by atoms with E-state index in [4.69, 9.17) is 4.99 Å². The third kappa shape index (κ3) is 3.14. The molecule has 0 bridgehead atoms. The molecule has 0 N–H and O–H groups in total. The number of rotatable bonds is 3. The Labute approximate surface area is 133 Å². The van der Waals surface area contributed by atoms with Gasteiger partial charge in [0.25, 0.3) is 0 Å². The summed E-state index contributed by atoms with van der Waals surface area (Å²) in [5.74, 6) is 0. The van der Waals surface area contributed by atoms with Crippen LogP contribution in [0.4, 0.5) is 0 Å². The van der Waals surface area contributed by atoms with Crippen LogP contribution < -0.4 is 0 Å². The van der Waals surface area contributed by atoms with E-state index in [-0.39, 0.29) is 11.6 Å². The van der Waals surface area contributed by atoms with Crippen LogP contribution in [0.25, 0.3) is 0 Å². The summed E-state index contributed by atoms with van der Waals surface area (Å²) in [6.07, 6.45) is 6.96. The highest BCUT2D eigenvalue weighted by atomic mass is 16.1. The van der Waals surface area contributed by atoms with Crippen molar-refractivity contribution in [2.24, 2.45) is 4.99 Å². The van der Waals surface area contributed by atoms with Crippen molar-refractivity contribution in [3.05, 3.63) is 35.4 Å². The van der Waals surface area contributed by atoms with Crippen molar-refractivity contribution in [2.75, 3.05) is 13.1 Å². The smallest absolute Gasteiger partial charge is 0.143 e. The first-order valence-corrected chi connectivity index (χ1v) is 8.48. The number of benzene rings is 1. The van der Waals surface area contributed by atoms with E-state index in [1.165, 1.54) is 36.8 Å². The number of fused-ring (bicyclic) bond motifs is 1. The molecular weight excluding hydrogens is 272 g/mol. The zero-order valence-corrected chi connectivity index (χ0v) is 13.7. The maximum atomic E-state index is 11.9. The van der Waals surface area contributed by atoms with E-state index in [1.807, 2.05) is 0 Å².